The van der Waals surface area contributed by atoms with Gasteiger partial charge in [-0.3, -0.25) is 24.2 Å². The molecule has 1 atom stereocenters. The molecule has 0 unspecified atom stereocenters. The van der Waals surface area contributed by atoms with Crippen molar-refractivity contribution in [3.8, 4) is 17.5 Å². The molecule has 0 saturated heterocycles. The van der Waals surface area contributed by atoms with E-state index in [2.05, 4.69) is 37.7 Å². The minimum atomic E-state index is -0.546. The normalized spacial score (nSPS) is 11.5. The average Bonchev–Trinajstić information content (AvgIpc) is 3.57. The van der Waals surface area contributed by atoms with Crippen LogP contribution in [0, 0.1) is 11.8 Å². The van der Waals surface area contributed by atoms with Crippen LogP contribution in [0.3, 0.4) is 0 Å². The second kappa shape index (κ2) is 10.0. The van der Waals surface area contributed by atoms with Gasteiger partial charge in [-0.25, -0.2) is 0 Å². The van der Waals surface area contributed by atoms with Crippen molar-refractivity contribution >= 4 is 39.7 Å². The molecule has 0 saturated carbocycles. The lowest BCUT2D eigenvalue weighted by Crippen LogP contribution is -2.32. The van der Waals surface area contributed by atoms with Crippen LogP contribution in [0.1, 0.15) is 39.5 Å². The van der Waals surface area contributed by atoms with Crippen molar-refractivity contribution in [2.24, 2.45) is 0 Å². The number of para-hydroxylation sites is 1. The second-order valence-electron chi connectivity index (χ2n) is 8.24. The number of hydrogen-bond donors (Lipinski definition) is 4. The Morgan fingerprint density at radius 3 is 2.70 bits per heavy atom. The lowest BCUT2D eigenvalue weighted by molar-refractivity contribution is 0.0940. The standard InChI is InChI=1S/C27H23N7O2S/c1-16(31-26(35)23-24(28)32-33-25(23)29-2)21-13-18-8-6-7-17(11-12-20-14-30-15-37-20)22(18)27(36)34(21)19-9-4-3-5-10-19/h3-10,13-16H,1-2H3,(H,31,35)(H4,28,29,32,33)/t16-/m0/s1. The molecule has 0 aliphatic carbocycles. The van der Waals surface area contributed by atoms with Gasteiger partial charge in [0.2, 0.25) is 0 Å². The molecule has 2 aromatic carbocycles. The number of H-pyrrole nitrogens is 1. The average molecular weight is 510 g/mol. The first-order valence-electron chi connectivity index (χ1n) is 11.4. The minimum absolute atomic E-state index is 0.150. The maximum Gasteiger partial charge on any atom is 0.264 e. The number of carbonyl (C=O) groups is 1. The number of amides is 1. The number of pyridine rings is 1. The van der Waals surface area contributed by atoms with Gasteiger partial charge in [0.15, 0.2) is 5.82 Å². The molecule has 37 heavy (non-hydrogen) atoms. The summed E-state index contributed by atoms with van der Waals surface area (Å²) in [6, 6.07) is 16.2. The van der Waals surface area contributed by atoms with Crippen molar-refractivity contribution in [1.82, 2.24) is 25.1 Å². The van der Waals surface area contributed by atoms with E-state index >= 15 is 0 Å². The van der Waals surface area contributed by atoms with E-state index in [0.29, 0.717) is 28.1 Å². The van der Waals surface area contributed by atoms with Crippen LogP contribution >= 0.6 is 11.3 Å². The first-order valence-corrected chi connectivity index (χ1v) is 12.3. The van der Waals surface area contributed by atoms with Gasteiger partial charge in [0, 0.05) is 24.0 Å². The Kier molecular flexibility index (Phi) is 6.45. The van der Waals surface area contributed by atoms with E-state index in [1.807, 2.05) is 61.5 Å². The van der Waals surface area contributed by atoms with Crippen LogP contribution in [0.15, 0.2) is 71.1 Å². The molecule has 5 aromatic rings. The zero-order valence-corrected chi connectivity index (χ0v) is 20.9. The Balaban J connectivity index is 1.65. The first kappa shape index (κ1) is 23.8. The molecule has 0 spiro atoms. The molecule has 3 aromatic heterocycles. The molecule has 0 aliphatic heterocycles. The zero-order valence-electron chi connectivity index (χ0n) is 20.1. The minimum Gasteiger partial charge on any atom is -0.383 e. The van der Waals surface area contributed by atoms with Crippen LogP contribution in [-0.2, 0) is 0 Å². The maximum atomic E-state index is 14.0. The summed E-state index contributed by atoms with van der Waals surface area (Å²) in [6.45, 7) is 1.82. The SMILES string of the molecule is CNc1n[nH]c(N)c1C(=O)N[C@@H](C)c1cc2cccc(C#Cc3cncs3)c2c(=O)n1-c1ccccc1. The van der Waals surface area contributed by atoms with E-state index in [9.17, 15) is 9.59 Å². The van der Waals surface area contributed by atoms with Gasteiger partial charge in [-0.2, -0.15) is 5.10 Å². The van der Waals surface area contributed by atoms with Crippen LogP contribution in [0.25, 0.3) is 16.5 Å². The number of aromatic amines is 1. The summed E-state index contributed by atoms with van der Waals surface area (Å²) < 4.78 is 1.61. The summed E-state index contributed by atoms with van der Waals surface area (Å²) in [4.78, 5) is 32.0. The Bertz CT molecular complexity index is 1710. The second-order valence-corrected chi connectivity index (χ2v) is 9.12. The van der Waals surface area contributed by atoms with Gasteiger partial charge in [0.1, 0.15) is 11.4 Å². The molecule has 5 N–H and O–H groups in total. The third-order valence-electron chi connectivity index (χ3n) is 5.89. The summed E-state index contributed by atoms with van der Waals surface area (Å²) in [5.41, 5.74) is 9.55. The maximum absolute atomic E-state index is 14.0. The molecule has 5 rings (SSSR count). The van der Waals surface area contributed by atoms with E-state index in [4.69, 9.17) is 5.73 Å². The van der Waals surface area contributed by atoms with Crippen LogP contribution in [-0.4, -0.2) is 32.7 Å². The number of nitrogens with two attached hydrogens (primary N) is 1. The first-order chi connectivity index (χ1) is 18.0. The highest BCUT2D eigenvalue weighted by molar-refractivity contribution is 7.10. The Labute approximate surface area is 216 Å². The number of benzene rings is 2. The smallest absolute Gasteiger partial charge is 0.264 e. The monoisotopic (exact) mass is 509 g/mol. The molecular weight excluding hydrogens is 486 g/mol. The lowest BCUT2D eigenvalue weighted by Gasteiger charge is -2.21. The van der Waals surface area contributed by atoms with Gasteiger partial charge in [0.05, 0.1) is 28.0 Å². The predicted molar refractivity (Wildman–Crippen MR) is 146 cm³/mol. The summed E-state index contributed by atoms with van der Waals surface area (Å²) in [5, 5.41) is 13.7. The number of aromatic nitrogens is 4. The summed E-state index contributed by atoms with van der Waals surface area (Å²) in [5.74, 6) is 6.29. The van der Waals surface area contributed by atoms with Crippen molar-refractivity contribution < 1.29 is 4.79 Å². The van der Waals surface area contributed by atoms with Crippen molar-refractivity contribution in [3.05, 3.63) is 98.4 Å². The van der Waals surface area contributed by atoms with Crippen LogP contribution in [0.2, 0.25) is 0 Å². The number of carbonyl (C=O) groups excluding carboxylic acids is 1. The quantitative estimate of drug-likeness (QED) is 0.267. The third-order valence-corrected chi connectivity index (χ3v) is 6.58. The fourth-order valence-corrected chi connectivity index (χ4v) is 4.63. The number of rotatable bonds is 5. The van der Waals surface area contributed by atoms with Crippen LogP contribution in [0.4, 0.5) is 11.6 Å². The Hall–Kier alpha value is -4.88. The molecule has 0 fully saturated rings. The van der Waals surface area contributed by atoms with E-state index in [0.717, 1.165) is 10.3 Å². The van der Waals surface area contributed by atoms with Crippen molar-refractivity contribution in [3.63, 3.8) is 0 Å². The number of anilines is 2. The van der Waals surface area contributed by atoms with Crippen LogP contribution < -0.4 is 21.9 Å². The largest absolute Gasteiger partial charge is 0.383 e. The van der Waals surface area contributed by atoms with E-state index in [-0.39, 0.29) is 16.9 Å². The van der Waals surface area contributed by atoms with E-state index in [1.54, 1.807) is 23.3 Å². The molecule has 184 valence electrons. The summed E-state index contributed by atoms with van der Waals surface area (Å²) in [7, 11) is 1.65. The molecule has 0 aliphatic rings. The number of fused-ring (bicyclic) bond motifs is 1. The highest BCUT2D eigenvalue weighted by Gasteiger charge is 2.23. The number of thiazole rings is 1. The van der Waals surface area contributed by atoms with Gasteiger partial charge in [-0.1, -0.05) is 36.3 Å². The molecular formula is C27H23N7O2S. The fraction of sp³-hybridized carbons (Fsp3) is 0.111. The van der Waals surface area contributed by atoms with Crippen molar-refractivity contribution in [2.75, 3.05) is 18.1 Å². The highest BCUT2D eigenvalue weighted by atomic mass is 32.1. The van der Waals surface area contributed by atoms with Crippen molar-refractivity contribution in [1.29, 1.82) is 0 Å². The number of nitrogens with zero attached hydrogens (tertiary/aromatic N) is 3. The predicted octanol–water partition coefficient (Wildman–Crippen LogP) is 3.69. The van der Waals surface area contributed by atoms with Gasteiger partial charge >= 0.3 is 0 Å². The number of nitrogen functional groups attached to an aromatic ring is 1. The van der Waals surface area contributed by atoms with Gasteiger partial charge in [0.25, 0.3) is 11.5 Å². The molecule has 0 bridgehead atoms. The topological polar surface area (TPSA) is 131 Å². The van der Waals surface area contributed by atoms with Crippen molar-refractivity contribution in [2.45, 2.75) is 13.0 Å². The van der Waals surface area contributed by atoms with Gasteiger partial charge < -0.3 is 16.4 Å². The number of nitrogens with one attached hydrogen (secondary N) is 3. The fourth-order valence-electron chi connectivity index (χ4n) is 4.16. The van der Waals surface area contributed by atoms with Gasteiger partial charge in [-0.05, 0) is 42.5 Å². The van der Waals surface area contributed by atoms with Crippen LogP contribution in [0.5, 0.6) is 0 Å². The Morgan fingerprint density at radius 2 is 1.97 bits per heavy atom. The number of hydrogen-bond acceptors (Lipinski definition) is 7. The molecule has 10 heteroatoms. The summed E-state index contributed by atoms with van der Waals surface area (Å²) >= 11 is 1.44. The Morgan fingerprint density at radius 1 is 1.16 bits per heavy atom. The zero-order chi connectivity index (χ0) is 25.9. The molecule has 3 heterocycles. The molecule has 0 radical (unpaired) electrons. The van der Waals surface area contributed by atoms with E-state index in [1.165, 1.54) is 11.3 Å². The third kappa shape index (κ3) is 4.55. The lowest BCUT2D eigenvalue weighted by atomic mass is 10.0. The summed E-state index contributed by atoms with van der Waals surface area (Å²) in [6.07, 6.45) is 1.69. The molecule has 9 nitrogen and oxygen atoms in total. The van der Waals surface area contributed by atoms with Gasteiger partial charge in [-0.15, -0.1) is 11.3 Å². The van der Waals surface area contributed by atoms with E-state index < -0.39 is 11.9 Å². The molecule has 1 amide bonds. The highest BCUT2D eigenvalue weighted by Crippen LogP contribution is 2.25.